The molecular weight excluding hydrogens is 310 g/mol. The van der Waals surface area contributed by atoms with E-state index in [9.17, 15) is 5.11 Å². The van der Waals surface area contributed by atoms with Crippen LogP contribution < -0.4 is 0 Å². The van der Waals surface area contributed by atoms with E-state index in [4.69, 9.17) is 19.4 Å². The second-order valence-corrected chi connectivity index (χ2v) is 6.49. The van der Waals surface area contributed by atoms with Crippen molar-refractivity contribution in [2.24, 2.45) is 5.92 Å². The molecule has 1 saturated heterocycles. The Morgan fingerprint density at radius 2 is 1.79 bits per heavy atom. The quantitative estimate of drug-likeness (QED) is 0.682. The van der Waals surface area contributed by atoms with Crippen molar-refractivity contribution in [3.63, 3.8) is 0 Å². The minimum absolute atomic E-state index is 0.117. The van der Waals surface area contributed by atoms with Gasteiger partial charge in [-0.25, -0.2) is 0 Å². The fourth-order valence-electron chi connectivity index (χ4n) is 2.42. The van der Waals surface area contributed by atoms with Crippen molar-refractivity contribution >= 4 is 19.4 Å². The van der Waals surface area contributed by atoms with Gasteiger partial charge in [0.25, 0.3) is 0 Å². The van der Waals surface area contributed by atoms with E-state index >= 15 is 0 Å². The summed E-state index contributed by atoms with van der Waals surface area (Å²) in [5.41, 5.74) is 0. The molecule has 0 aromatic heterocycles. The van der Waals surface area contributed by atoms with Crippen LogP contribution in [0.15, 0.2) is 0 Å². The van der Waals surface area contributed by atoms with Gasteiger partial charge in [-0.05, 0) is 6.42 Å². The molecule has 2 rings (SSSR count). The summed E-state index contributed by atoms with van der Waals surface area (Å²) >= 11 is -0.346. The number of aliphatic hydroxyl groups excluding tert-OH is 1. The van der Waals surface area contributed by atoms with Crippen molar-refractivity contribution in [2.75, 3.05) is 6.54 Å². The van der Waals surface area contributed by atoms with Crippen molar-refractivity contribution < 1.29 is 20.3 Å². The van der Waals surface area contributed by atoms with Gasteiger partial charge in [-0.1, -0.05) is 31.6 Å². The molecular formula is C9H16Cl2NORu-. The zero-order chi connectivity index (χ0) is 10.4. The number of hydrogen-bond acceptors (Lipinski definition) is 1. The molecule has 1 aliphatic carbocycles. The zero-order valence-electron chi connectivity index (χ0n) is 7.98. The van der Waals surface area contributed by atoms with E-state index in [0.29, 0.717) is 12.0 Å². The molecule has 3 unspecified atom stereocenters. The monoisotopic (exact) mass is 326 g/mol. The van der Waals surface area contributed by atoms with Gasteiger partial charge in [0.15, 0.2) is 0 Å². The van der Waals surface area contributed by atoms with Crippen molar-refractivity contribution in [2.45, 2.75) is 44.2 Å². The maximum atomic E-state index is 9.61. The van der Waals surface area contributed by atoms with Gasteiger partial charge in [0, 0.05) is 6.10 Å². The standard InChI is InChI=1S/C9H16NO.2ClH.Ru/c11-8-5-1-3-7-4-2-6-10-9(7)8;;;/h7-9,11H,1-6H2;2*1H;/q-1;;;+2/p-2. The summed E-state index contributed by atoms with van der Waals surface area (Å²) < 4.78 is 0. The summed E-state index contributed by atoms with van der Waals surface area (Å²) in [7, 11) is 9.71. The SMILES string of the molecule is OC1CCCC2CCC[N-]C12.[Cl][Ru][Cl]. The van der Waals surface area contributed by atoms with E-state index in [1.165, 1.54) is 25.7 Å². The molecule has 5 heteroatoms. The first-order valence-corrected chi connectivity index (χ1v) is 9.47. The normalized spacial score (nSPS) is 36.9. The van der Waals surface area contributed by atoms with Crippen LogP contribution in [0.4, 0.5) is 0 Å². The van der Waals surface area contributed by atoms with Crippen LogP contribution in [0.3, 0.4) is 0 Å². The Balaban J connectivity index is 0.000000293. The van der Waals surface area contributed by atoms with Crippen LogP contribution in [0, 0.1) is 5.92 Å². The minimum atomic E-state index is -0.346. The summed E-state index contributed by atoms with van der Waals surface area (Å²) in [6, 6.07) is 0.303. The van der Waals surface area contributed by atoms with Crippen molar-refractivity contribution in [1.82, 2.24) is 0 Å². The van der Waals surface area contributed by atoms with E-state index in [0.717, 1.165) is 13.0 Å². The molecule has 14 heavy (non-hydrogen) atoms. The van der Waals surface area contributed by atoms with Crippen LogP contribution in [0.25, 0.3) is 5.32 Å². The van der Waals surface area contributed by atoms with Gasteiger partial charge in [0.2, 0.25) is 0 Å². The molecule has 0 radical (unpaired) electrons. The molecule has 2 aliphatic rings. The van der Waals surface area contributed by atoms with Crippen LogP contribution >= 0.6 is 19.4 Å². The Hall–Kier alpha value is 1.12. The van der Waals surface area contributed by atoms with Crippen molar-refractivity contribution in [3.8, 4) is 0 Å². The second-order valence-electron chi connectivity index (χ2n) is 3.85. The molecule has 1 aliphatic heterocycles. The molecule has 86 valence electrons. The third-order valence-electron chi connectivity index (χ3n) is 3.02. The van der Waals surface area contributed by atoms with Crippen LogP contribution in [0.2, 0.25) is 0 Å². The van der Waals surface area contributed by atoms with E-state index in [2.05, 4.69) is 5.32 Å². The average molecular weight is 326 g/mol. The molecule has 0 bridgehead atoms. The van der Waals surface area contributed by atoms with Crippen LogP contribution in [0.5, 0.6) is 0 Å². The summed E-state index contributed by atoms with van der Waals surface area (Å²) in [4.78, 5) is 0. The zero-order valence-corrected chi connectivity index (χ0v) is 11.2. The van der Waals surface area contributed by atoms with E-state index in [1.807, 2.05) is 0 Å². The Morgan fingerprint density at radius 1 is 1.14 bits per heavy atom. The fourth-order valence-corrected chi connectivity index (χ4v) is 2.42. The number of piperidine rings is 1. The summed E-state index contributed by atoms with van der Waals surface area (Å²) in [5.74, 6) is 0.715. The Kier molecular flexibility index (Phi) is 6.98. The van der Waals surface area contributed by atoms with Gasteiger partial charge in [-0.15, -0.1) is 12.6 Å². The van der Waals surface area contributed by atoms with E-state index < -0.39 is 0 Å². The van der Waals surface area contributed by atoms with Crippen LogP contribution in [-0.4, -0.2) is 23.8 Å². The first-order chi connectivity index (χ1) is 6.79. The number of aliphatic hydroxyl groups is 1. The van der Waals surface area contributed by atoms with Gasteiger partial charge in [0.05, 0.1) is 0 Å². The summed E-state index contributed by atoms with van der Waals surface area (Å²) in [6.45, 7) is 0.984. The number of fused-ring (bicyclic) bond motifs is 1. The Bertz CT molecular complexity index is 160. The molecule has 2 nitrogen and oxygen atoms in total. The molecule has 0 spiro atoms. The molecule has 3 atom stereocenters. The molecule has 1 saturated carbocycles. The number of hydrogen-bond donors (Lipinski definition) is 1. The maximum absolute atomic E-state index is 9.61. The number of halogens is 2. The average Bonchev–Trinajstić information content (AvgIpc) is 2.20. The Morgan fingerprint density at radius 3 is 2.43 bits per heavy atom. The third-order valence-corrected chi connectivity index (χ3v) is 3.02. The Labute approximate surface area is 101 Å². The first kappa shape index (κ1) is 13.2. The summed E-state index contributed by atoms with van der Waals surface area (Å²) in [6.07, 6.45) is 5.90. The van der Waals surface area contributed by atoms with E-state index in [1.54, 1.807) is 0 Å². The molecule has 0 aromatic carbocycles. The molecule has 0 amide bonds. The summed E-state index contributed by atoms with van der Waals surface area (Å²) in [5, 5.41) is 14.1. The van der Waals surface area contributed by atoms with Crippen LogP contribution in [0.1, 0.15) is 32.1 Å². The van der Waals surface area contributed by atoms with Gasteiger partial charge in [-0.3, -0.25) is 0 Å². The predicted octanol–water partition coefficient (Wildman–Crippen LogP) is 3.06. The van der Waals surface area contributed by atoms with Crippen LogP contribution in [-0.2, 0) is 15.1 Å². The molecule has 0 aromatic rings. The second kappa shape index (κ2) is 7.41. The molecule has 1 N–H and O–H groups in total. The van der Waals surface area contributed by atoms with Gasteiger partial charge < -0.3 is 10.4 Å². The van der Waals surface area contributed by atoms with Gasteiger partial charge in [-0.2, -0.15) is 0 Å². The van der Waals surface area contributed by atoms with E-state index in [-0.39, 0.29) is 21.2 Å². The molecule has 1 heterocycles. The predicted molar refractivity (Wildman–Crippen MR) is 56.3 cm³/mol. The fraction of sp³-hybridized carbons (Fsp3) is 1.00. The van der Waals surface area contributed by atoms with Gasteiger partial charge >= 0.3 is 34.5 Å². The molecule has 2 fully saturated rings. The first-order valence-electron chi connectivity index (χ1n) is 4.99. The number of nitrogens with zero attached hydrogens (tertiary/aromatic N) is 1. The van der Waals surface area contributed by atoms with Crippen molar-refractivity contribution in [3.05, 3.63) is 5.32 Å². The number of rotatable bonds is 0. The van der Waals surface area contributed by atoms with Crippen molar-refractivity contribution in [1.29, 1.82) is 0 Å². The third kappa shape index (κ3) is 3.94. The van der Waals surface area contributed by atoms with Gasteiger partial charge in [0.1, 0.15) is 0 Å². The topological polar surface area (TPSA) is 34.3 Å².